The maximum Gasteiger partial charge on any atom is 0.269 e. The summed E-state index contributed by atoms with van der Waals surface area (Å²) in [5.41, 5.74) is 2.13. The SMILES string of the molecule is Cn1nc(C(C)(C)C)cc1C(=O)N[C@H]1C[C@H]2C(=O)N[C@H](Cc3ccccc3)C(=O)N2C1. The van der Waals surface area contributed by atoms with E-state index in [9.17, 15) is 14.4 Å². The molecule has 4 rings (SSSR count). The van der Waals surface area contributed by atoms with E-state index in [1.165, 1.54) is 0 Å². The lowest BCUT2D eigenvalue weighted by atomic mass is 9.92. The topological polar surface area (TPSA) is 96.3 Å². The van der Waals surface area contributed by atoms with Crippen LogP contribution in [0.5, 0.6) is 0 Å². The molecule has 0 aliphatic carbocycles. The van der Waals surface area contributed by atoms with Gasteiger partial charge in [-0.1, -0.05) is 51.1 Å². The molecule has 1 aromatic carbocycles. The van der Waals surface area contributed by atoms with Crippen molar-refractivity contribution < 1.29 is 14.4 Å². The number of piperazine rings is 1. The highest BCUT2D eigenvalue weighted by molar-refractivity contribution is 5.98. The molecular weight excluding hydrogens is 394 g/mol. The van der Waals surface area contributed by atoms with Crippen molar-refractivity contribution in [2.24, 2.45) is 7.05 Å². The quantitative estimate of drug-likeness (QED) is 0.771. The number of carbonyl (C=O) groups excluding carboxylic acids is 3. The molecule has 8 nitrogen and oxygen atoms in total. The molecule has 164 valence electrons. The van der Waals surface area contributed by atoms with Crippen LogP contribution in [0.4, 0.5) is 0 Å². The lowest BCUT2D eigenvalue weighted by molar-refractivity contribution is -0.147. The third-order valence-electron chi connectivity index (χ3n) is 6.00. The van der Waals surface area contributed by atoms with Crippen molar-refractivity contribution in [2.75, 3.05) is 6.54 Å². The number of hydrogen-bond acceptors (Lipinski definition) is 4. The number of amides is 3. The van der Waals surface area contributed by atoms with Gasteiger partial charge in [0, 0.05) is 31.5 Å². The van der Waals surface area contributed by atoms with Crippen LogP contribution in [0.2, 0.25) is 0 Å². The van der Waals surface area contributed by atoms with E-state index in [4.69, 9.17) is 0 Å². The average molecular weight is 424 g/mol. The Morgan fingerprint density at radius 2 is 1.94 bits per heavy atom. The Labute approximate surface area is 182 Å². The highest BCUT2D eigenvalue weighted by Crippen LogP contribution is 2.25. The average Bonchev–Trinajstić information content (AvgIpc) is 3.31. The van der Waals surface area contributed by atoms with Crippen LogP contribution in [0.3, 0.4) is 0 Å². The van der Waals surface area contributed by atoms with Crippen LogP contribution in [0.25, 0.3) is 0 Å². The summed E-state index contributed by atoms with van der Waals surface area (Å²) in [5, 5.41) is 10.3. The molecule has 2 aliphatic rings. The Morgan fingerprint density at radius 3 is 2.58 bits per heavy atom. The second kappa shape index (κ2) is 7.83. The van der Waals surface area contributed by atoms with Crippen molar-refractivity contribution in [2.45, 2.75) is 57.2 Å². The van der Waals surface area contributed by atoms with Gasteiger partial charge in [-0.2, -0.15) is 5.10 Å². The van der Waals surface area contributed by atoms with Crippen molar-refractivity contribution in [3.8, 4) is 0 Å². The van der Waals surface area contributed by atoms with Gasteiger partial charge < -0.3 is 15.5 Å². The lowest BCUT2D eigenvalue weighted by Gasteiger charge is -2.34. The van der Waals surface area contributed by atoms with Gasteiger partial charge in [0.05, 0.1) is 5.69 Å². The first kappa shape index (κ1) is 21.1. The predicted octanol–water partition coefficient (Wildman–Crippen LogP) is 1.16. The molecular formula is C23H29N5O3. The zero-order valence-electron chi connectivity index (χ0n) is 18.4. The molecule has 31 heavy (non-hydrogen) atoms. The first-order valence-corrected chi connectivity index (χ1v) is 10.6. The van der Waals surface area contributed by atoms with E-state index in [2.05, 4.69) is 15.7 Å². The fourth-order valence-electron chi connectivity index (χ4n) is 4.26. The third-order valence-corrected chi connectivity index (χ3v) is 6.00. The number of rotatable bonds is 4. The van der Waals surface area contributed by atoms with Crippen molar-refractivity contribution >= 4 is 17.7 Å². The maximum absolute atomic E-state index is 13.0. The molecule has 0 spiro atoms. The summed E-state index contributed by atoms with van der Waals surface area (Å²) in [7, 11) is 1.74. The molecule has 3 amide bonds. The van der Waals surface area contributed by atoms with Crippen LogP contribution in [0.15, 0.2) is 36.4 Å². The Balaban J connectivity index is 1.43. The second-order valence-corrected chi connectivity index (χ2v) is 9.45. The van der Waals surface area contributed by atoms with Gasteiger partial charge in [-0.15, -0.1) is 0 Å². The number of nitrogens with zero attached hydrogens (tertiary/aromatic N) is 3. The molecule has 1 aromatic heterocycles. The smallest absolute Gasteiger partial charge is 0.269 e. The maximum atomic E-state index is 13.0. The zero-order valence-corrected chi connectivity index (χ0v) is 18.4. The van der Waals surface area contributed by atoms with Crippen molar-refractivity contribution in [1.29, 1.82) is 0 Å². The molecule has 2 aliphatic heterocycles. The van der Waals surface area contributed by atoms with Gasteiger partial charge in [0.25, 0.3) is 5.91 Å². The first-order valence-electron chi connectivity index (χ1n) is 10.6. The van der Waals surface area contributed by atoms with E-state index in [0.717, 1.165) is 11.3 Å². The standard InChI is InChI=1S/C23H29N5O3/c1-23(2,3)19-12-17(27(4)26-19)20(29)24-15-11-18-21(30)25-16(22(31)28(18)13-15)10-14-8-6-5-7-9-14/h5-9,12,15-16,18H,10-11,13H2,1-4H3,(H,24,29)(H,25,30)/t15-,16+,18-/m0/s1. The molecule has 2 aromatic rings. The highest BCUT2D eigenvalue weighted by atomic mass is 16.2. The number of aryl methyl sites for hydroxylation is 1. The molecule has 2 N–H and O–H groups in total. The van der Waals surface area contributed by atoms with Gasteiger partial charge in [-0.05, 0) is 18.1 Å². The van der Waals surface area contributed by atoms with Crippen LogP contribution in [-0.4, -0.2) is 57.1 Å². The Kier molecular flexibility index (Phi) is 5.33. The summed E-state index contributed by atoms with van der Waals surface area (Å²) < 4.78 is 1.58. The Bertz CT molecular complexity index is 1010. The normalized spacial score (nSPS) is 23.5. The Hall–Kier alpha value is -3.16. The Morgan fingerprint density at radius 1 is 1.23 bits per heavy atom. The van der Waals surface area contributed by atoms with Crippen LogP contribution in [0, 0.1) is 0 Å². The molecule has 0 bridgehead atoms. The molecule has 0 unspecified atom stereocenters. The number of benzene rings is 1. The fraction of sp³-hybridized carbons (Fsp3) is 0.478. The largest absolute Gasteiger partial charge is 0.346 e. The minimum Gasteiger partial charge on any atom is -0.346 e. The number of fused-ring (bicyclic) bond motifs is 1. The number of carbonyl (C=O) groups is 3. The van der Waals surface area contributed by atoms with E-state index in [0.29, 0.717) is 25.1 Å². The minimum atomic E-state index is -0.577. The monoisotopic (exact) mass is 423 g/mol. The van der Waals surface area contributed by atoms with Crippen molar-refractivity contribution in [1.82, 2.24) is 25.3 Å². The minimum absolute atomic E-state index is 0.0965. The zero-order chi connectivity index (χ0) is 22.3. The van der Waals surface area contributed by atoms with Crippen LogP contribution < -0.4 is 10.6 Å². The van der Waals surface area contributed by atoms with Crippen LogP contribution >= 0.6 is 0 Å². The first-order chi connectivity index (χ1) is 14.6. The van der Waals surface area contributed by atoms with E-state index in [1.807, 2.05) is 51.1 Å². The lowest BCUT2D eigenvalue weighted by Crippen LogP contribution is -2.61. The molecule has 3 heterocycles. The number of aromatic nitrogens is 2. The van der Waals surface area contributed by atoms with Gasteiger partial charge in [0.2, 0.25) is 11.8 Å². The third kappa shape index (κ3) is 4.19. The van der Waals surface area contributed by atoms with Crippen LogP contribution in [0.1, 0.15) is 48.9 Å². The summed E-state index contributed by atoms with van der Waals surface area (Å²) >= 11 is 0. The fourth-order valence-corrected chi connectivity index (χ4v) is 4.26. The van der Waals surface area contributed by atoms with Crippen molar-refractivity contribution in [3.05, 3.63) is 53.3 Å². The highest BCUT2D eigenvalue weighted by Gasteiger charge is 2.46. The number of nitrogens with one attached hydrogen (secondary N) is 2. The van der Waals surface area contributed by atoms with E-state index in [-0.39, 0.29) is 29.2 Å². The van der Waals surface area contributed by atoms with E-state index < -0.39 is 12.1 Å². The van der Waals surface area contributed by atoms with Gasteiger partial charge in [0.15, 0.2) is 0 Å². The molecule has 2 fully saturated rings. The second-order valence-electron chi connectivity index (χ2n) is 9.45. The van der Waals surface area contributed by atoms with Gasteiger partial charge >= 0.3 is 0 Å². The summed E-state index contributed by atoms with van der Waals surface area (Å²) in [6.45, 7) is 6.46. The molecule has 2 saturated heterocycles. The molecule has 0 radical (unpaired) electrons. The molecule has 3 atom stereocenters. The summed E-state index contributed by atoms with van der Waals surface area (Å²) in [5.74, 6) is -0.502. The summed E-state index contributed by atoms with van der Waals surface area (Å²) in [4.78, 5) is 40.1. The van der Waals surface area contributed by atoms with Gasteiger partial charge in [-0.3, -0.25) is 19.1 Å². The summed E-state index contributed by atoms with van der Waals surface area (Å²) in [6, 6.07) is 10.0. The van der Waals surface area contributed by atoms with Crippen LogP contribution in [-0.2, 0) is 28.5 Å². The number of hydrogen-bond donors (Lipinski definition) is 2. The summed E-state index contributed by atoms with van der Waals surface area (Å²) in [6.07, 6.45) is 0.863. The predicted molar refractivity (Wildman–Crippen MR) is 115 cm³/mol. The molecule has 8 heteroatoms. The van der Waals surface area contributed by atoms with E-state index in [1.54, 1.807) is 22.7 Å². The molecule has 0 saturated carbocycles. The van der Waals surface area contributed by atoms with E-state index >= 15 is 0 Å². The van der Waals surface area contributed by atoms with Crippen molar-refractivity contribution in [3.63, 3.8) is 0 Å². The van der Waals surface area contributed by atoms with Gasteiger partial charge in [0.1, 0.15) is 17.8 Å². The van der Waals surface area contributed by atoms with Gasteiger partial charge in [-0.25, -0.2) is 0 Å².